The van der Waals surface area contributed by atoms with Gasteiger partial charge in [-0.15, -0.1) is 0 Å². The Morgan fingerprint density at radius 2 is 1.85 bits per heavy atom. The van der Waals surface area contributed by atoms with Gasteiger partial charge >= 0.3 is 0 Å². The Kier molecular flexibility index (Phi) is 3.54. The van der Waals surface area contributed by atoms with Gasteiger partial charge < -0.3 is 9.64 Å². The lowest BCUT2D eigenvalue weighted by Gasteiger charge is -2.43. The van der Waals surface area contributed by atoms with E-state index in [0.717, 1.165) is 19.3 Å². The van der Waals surface area contributed by atoms with E-state index in [1.54, 1.807) is 4.31 Å². The second-order valence-corrected chi connectivity index (χ2v) is 8.40. The molecule has 1 amide bonds. The summed E-state index contributed by atoms with van der Waals surface area (Å²) in [5.74, 6) is 0.438. The molecule has 0 aliphatic carbocycles. The minimum Gasteiger partial charge on any atom is -0.379 e. The van der Waals surface area contributed by atoms with Crippen molar-refractivity contribution in [1.29, 1.82) is 0 Å². The summed E-state index contributed by atoms with van der Waals surface area (Å²) in [4.78, 5) is 14.2. The standard InChI is InChI=1S/C13H22N2O4S/c1-13(9-19-10-13)12(16)14-6-3-11(4-7-14)15-5-2-8-20(15,17)18/h11H,2-10H2,1H3. The van der Waals surface area contributed by atoms with Crippen molar-refractivity contribution < 1.29 is 17.9 Å². The van der Waals surface area contributed by atoms with E-state index in [4.69, 9.17) is 4.74 Å². The molecule has 3 aliphatic rings. The van der Waals surface area contributed by atoms with Crippen LogP contribution in [0, 0.1) is 5.41 Å². The van der Waals surface area contributed by atoms with Crippen LogP contribution in [0.5, 0.6) is 0 Å². The zero-order valence-corrected chi connectivity index (χ0v) is 12.7. The van der Waals surface area contributed by atoms with Gasteiger partial charge in [0, 0.05) is 25.7 Å². The fourth-order valence-electron chi connectivity index (χ4n) is 3.34. The van der Waals surface area contributed by atoms with Crippen molar-refractivity contribution >= 4 is 15.9 Å². The van der Waals surface area contributed by atoms with Gasteiger partial charge in [0.1, 0.15) is 0 Å². The van der Waals surface area contributed by atoms with E-state index in [9.17, 15) is 13.2 Å². The first-order chi connectivity index (χ1) is 9.42. The van der Waals surface area contributed by atoms with Crippen LogP contribution in [-0.4, -0.2) is 68.2 Å². The number of hydrogen-bond acceptors (Lipinski definition) is 4. The minimum absolute atomic E-state index is 0.0806. The topological polar surface area (TPSA) is 66.9 Å². The van der Waals surface area contributed by atoms with E-state index < -0.39 is 10.0 Å². The number of likely N-dealkylation sites (tertiary alicyclic amines) is 1. The van der Waals surface area contributed by atoms with Crippen molar-refractivity contribution in [3.8, 4) is 0 Å². The van der Waals surface area contributed by atoms with Gasteiger partial charge in [0.25, 0.3) is 0 Å². The number of sulfonamides is 1. The first-order valence-corrected chi connectivity index (χ1v) is 8.90. The van der Waals surface area contributed by atoms with Crippen LogP contribution in [0.2, 0.25) is 0 Å². The Hall–Kier alpha value is -0.660. The molecule has 20 heavy (non-hydrogen) atoms. The van der Waals surface area contributed by atoms with Crippen LogP contribution in [0.1, 0.15) is 26.2 Å². The molecule has 7 heteroatoms. The molecule has 114 valence electrons. The van der Waals surface area contributed by atoms with E-state index in [1.165, 1.54) is 0 Å². The normalized spacial score (nSPS) is 30.1. The number of ether oxygens (including phenoxy) is 1. The first kappa shape index (κ1) is 14.3. The highest BCUT2D eigenvalue weighted by Crippen LogP contribution is 2.31. The van der Waals surface area contributed by atoms with E-state index in [-0.39, 0.29) is 23.1 Å². The lowest BCUT2D eigenvalue weighted by atomic mass is 9.86. The highest BCUT2D eigenvalue weighted by molar-refractivity contribution is 7.89. The van der Waals surface area contributed by atoms with Gasteiger partial charge in [0.15, 0.2) is 0 Å². The Labute approximate surface area is 120 Å². The second-order valence-electron chi connectivity index (χ2n) is 6.36. The summed E-state index contributed by atoms with van der Waals surface area (Å²) in [6, 6.07) is 0.0806. The largest absolute Gasteiger partial charge is 0.379 e. The van der Waals surface area contributed by atoms with Crippen molar-refractivity contribution in [3.63, 3.8) is 0 Å². The third-order valence-electron chi connectivity index (χ3n) is 4.65. The number of piperidine rings is 1. The number of rotatable bonds is 2. The van der Waals surface area contributed by atoms with Gasteiger partial charge in [-0.05, 0) is 26.2 Å². The predicted octanol–water partition coefficient (Wildman–Crippen LogP) is 0.0494. The van der Waals surface area contributed by atoms with Crippen LogP contribution in [0.25, 0.3) is 0 Å². The molecule has 0 atom stereocenters. The average molecular weight is 302 g/mol. The lowest BCUT2D eigenvalue weighted by molar-refractivity contribution is -0.170. The van der Waals surface area contributed by atoms with Crippen molar-refractivity contribution in [2.24, 2.45) is 5.41 Å². The van der Waals surface area contributed by atoms with E-state index in [2.05, 4.69) is 0 Å². The van der Waals surface area contributed by atoms with Gasteiger partial charge in [0.05, 0.1) is 24.4 Å². The Balaban J connectivity index is 1.58. The Morgan fingerprint density at radius 3 is 2.30 bits per heavy atom. The molecule has 0 radical (unpaired) electrons. The molecule has 0 saturated carbocycles. The average Bonchev–Trinajstić information content (AvgIpc) is 2.75. The molecule has 6 nitrogen and oxygen atoms in total. The fourth-order valence-corrected chi connectivity index (χ4v) is 5.14. The van der Waals surface area contributed by atoms with Crippen LogP contribution in [0.3, 0.4) is 0 Å². The van der Waals surface area contributed by atoms with Crippen molar-refractivity contribution in [1.82, 2.24) is 9.21 Å². The van der Waals surface area contributed by atoms with Crippen LogP contribution >= 0.6 is 0 Å². The summed E-state index contributed by atoms with van der Waals surface area (Å²) in [6.45, 7) is 4.91. The van der Waals surface area contributed by atoms with Gasteiger partial charge in [-0.2, -0.15) is 4.31 Å². The minimum atomic E-state index is -3.04. The Morgan fingerprint density at radius 1 is 1.20 bits per heavy atom. The maximum Gasteiger partial charge on any atom is 0.233 e. The third kappa shape index (κ3) is 2.35. The number of carbonyl (C=O) groups is 1. The zero-order chi connectivity index (χ0) is 14.4. The molecule has 0 aromatic heterocycles. The van der Waals surface area contributed by atoms with E-state index in [0.29, 0.717) is 32.8 Å². The van der Waals surface area contributed by atoms with Gasteiger partial charge in [-0.25, -0.2) is 8.42 Å². The van der Waals surface area contributed by atoms with Crippen molar-refractivity contribution in [3.05, 3.63) is 0 Å². The summed E-state index contributed by atoms with van der Waals surface area (Å²) in [7, 11) is -3.04. The summed E-state index contributed by atoms with van der Waals surface area (Å²) in [6.07, 6.45) is 2.24. The molecule has 0 N–H and O–H groups in total. The predicted molar refractivity (Wildman–Crippen MR) is 73.6 cm³/mol. The molecule has 0 aromatic rings. The lowest BCUT2D eigenvalue weighted by Crippen LogP contribution is -2.56. The highest BCUT2D eigenvalue weighted by atomic mass is 32.2. The Bertz CT molecular complexity index is 493. The summed E-state index contributed by atoms with van der Waals surface area (Å²) in [5, 5.41) is 0. The zero-order valence-electron chi connectivity index (χ0n) is 11.9. The van der Waals surface area contributed by atoms with Gasteiger partial charge in [0.2, 0.25) is 15.9 Å². The van der Waals surface area contributed by atoms with Crippen LogP contribution in [-0.2, 0) is 19.6 Å². The number of nitrogens with zero attached hydrogens (tertiary/aromatic N) is 2. The number of amides is 1. The second kappa shape index (κ2) is 4.96. The molecular formula is C13H22N2O4S. The van der Waals surface area contributed by atoms with Crippen molar-refractivity contribution in [2.45, 2.75) is 32.2 Å². The molecule has 0 unspecified atom stereocenters. The molecule has 0 spiro atoms. The van der Waals surface area contributed by atoms with Crippen LogP contribution < -0.4 is 0 Å². The van der Waals surface area contributed by atoms with E-state index >= 15 is 0 Å². The third-order valence-corrected chi connectivity index (χ3v) is 6.65. The number of carbonyl (C=O) groups excluding carboxylic acids is 1. The molecule has 3 heterocycles. The monoisotopic (exact) mass is 302 g/mol. The molecule has 3 aliphatic heterocycles. The smallest absolute Gasteiger partial charge is 0.233 e. The maximum atomic E-state index is 12.4. The summed E-state index contributed by atoms with van der Waals surface area (Å²) >= 11 is 0. The summed E-state index contributed by atoms with van der Waals surface area (Å²) < 4.78 is 30.6. The maximum absolute atomic E-state index is 12.4. The highest BCUT2D eigenvalue weighted by Gasteiger charge is 2.45. The van der Waals surface area contributed by atoms with Gasteiger partial charge in [-0.3, -0.25) is 4.79 Å². The van der Waals surface area contributed by atoms with Gasteiger partial charge in [-0.1, -0.05) is 0 Å². The fraction of sp³-hybridized carbons (Fsp3) is 0.923. The first-order valence-electron chi connectivity index (χ1n) is 7.29. The SMILES string of the molecule is CC1(C(=O)N2CCC(N3CCCS3(=O)=O)CC2)COC1. The van der Waals surface area contributed by atoms with E-state index in [1.807, 2.05) is 11.8 Å². The summed E-state index contributed by atoms with van der Waals surface area (Å²) in [5.41, 5.74) is -0.355. The molecule has 3 fully saturated rings. The molecule has 0 bridgehead atoms. The molecule has 3 rings (SSSR count). The number of hydrogen-bond donors (Lipinski definition) is 0. The van der Waals surface area contributed by atoms with Crippen LogP contribution in [0.4, 0.5) is 0 Å². The molecule has 0 aromatic carbocycles. The quantitative estimate of drug-likeness (QED) is 0.723. The molecule has 3 saturated heterocycles. The van der Waals surface area contributed by atoms with Crippen molar-refractivity contribution in [2.75, 3.05) is 38.6 Å². The van der Waals surface area contributed by atoms with Crippen LogP contribution in [0.15, 0.2) is 0 Å². The molecular weight excluding hydrogens is 280 g/mol.